The number of nitrogens with zero attached hydrogens (tertiary/aromatic N) is 12. The number of likely N-dealkylation sites (N-methyl/N-ethyl adjacent to an activating group) is 3. The van der Waals surface area contributed by atoms with Crippen LogP contribution in [0.4, 0.5) is 52.7 Å². The molecule has 6 atom stereocenters. The van der Waals surface area contributed by atoms with Crippen LogP contribution in [-0.2, 0) is 108 Å². The molecular weight excluding hydrogens is 1920 g/mol. The fourth-order valence-electron chi connectivity index (χ4n) is 15.6. The second-order valence-corrected chi connectivity index (χ2v) is 35.7. The van der Waals surface area contributed by atoms with E-state index < -0.39 is 334 Å². The number of amides is 3. The Hall–Kier alpha value is -11.4. The normalized spacial score (nSPS) is 22.5. The molecular formula is C111H124F12N12O6S3. The summed E-state index contributed by atoms with van der Waals surface area (Å²) in [5.74, 6) is -14.8. The monoisotopic (exact) mass is 2080 g/mol. The number of carbonyl (C=O) groups excluding carboxylic acids is 3. The highest BCUT2D eigenvalue weighted by Gasteiger charge is 2.40. The summed E-state index contributed by atoms with van der Waals surface area (Å²) in [6.07, 6.45) is -25.4. The number of hydrogen-bond acceptors (Lipinski definition) is 15. The van der Waals surface area contributed by atoms with Crippen molar-refractivity contribution in [1.82, 2.24) is 58.1 Å². The molecule has 6 unspecified atom stereocenters. The summed E-state index contributed by atoms with van der Waals surface area (Å²) in [7, 11) is 0. The molecule has 3 amide bonds. The Kier molecular flexibility index (Phi) is 25.0. The van der Waals surface area contributed by atoms with Crippen molar-refractivity contribution < 1.29 is 115 Å². The van der Waals surface area contributed by atoms with Crippen LogP contribution >= 0.6 is 35.3 Å². The lowest BCUT2D eigenvalue weighted by Gasteiger charge is -2.33. The quantitative estimate of drug-likeness (QED) is 0.0202. The third kappa shape index (κ3) is 29.3. The number of benzene rings is 7. The summed E-state index contributed by atoms with van der Waals surface area (Å²) in [4.78, 5) is 104. The average molecular weight is 2080 g/mol. The first-order chi connectivity index (χ1) is 82.9. The highest BCUT2D eigenvalue weighted by Crippen LogP contribution is 2.42. The minimum Gasteiger partial charge on any atom is -0.336 e. The molecule has 766 valence electrons. The number of hydrogen-bond donors (Lipinski definition) is 0. The molecule has 3 aromatic heterocycles. The zero-order chi connectivity index (χ0) is 134. The zero-order valence-electron chi connectivity index (χ0n) is 114. The molecule has 3 heterocycles. The molecule has 33 heteroatoms. The number of rotatable bonds is 39. The molecule has 0 bridgehead atoms. The largest absolute Gasteiger partial charge is 0.416 e. The molecule has 0 aliphatic heterocycles. The van der Waals surface area contributed by atoms with Crippen molar-refractivity contribution in [2.75, 3.05) is 85.0 Å². The first-order valence-corrected chi connectivity index (χ1v) is 48.8. The van der Waals surface area contributed by atoms with Gasteiger partial charge >= 0.3 is 18.5 Å². The summed E-state index contributed by atoms with van der Waals surface area (Å²) in [5, 5.41) is -1.59. The first-order valence-electron chi connectivity index (χ1n) is 63.6. The molecule has 15 rings (SSSR count). The molecule has 0 saturated heterocycles. The van der Waals surface area contributed by atoms with Crippen molar-refractivity contribution in [3.63, 3.8) is 0 Å². The second-order valence-electron chi connectivity index (χ2n) is 32.8. The van der Waals surface area contributed by atoms with Gasteiger partial charge in [-0.1, -0.05) is 230 Å². The van der Waals surface area contributed by atoms with Crippen molar-refractivity contribution in [2.24, 2.45) is 11.8 Å². The lowest BCUT2D eigenvalue weighted by molar-refractivity contribution is -0.138. The van der Waals surface area contributed by atoms with Gasteiger partial charge in [0.1, 0.15) is 36.9 Å². The lowest BCUT2D eigenvalue weighted by atomic mass is 9.82. The van der Waals surface area contributed by atoms with E-state index in [1.54, 1.807) is 61.8 Å². The number of allylic oxidation sites excluding steroid dienone is 7. The summed E-state index contributed by atoms with van der Waals surface area (Å²) < 4.78 is 471. The third-order valence-corrected chi connectivity index (χ3v) is 26.5. The van der Waals surface area contributed by atoms with Gasteiger partial charge in [-0.15, -0.1) is 0 Å². The van der Waals surface area contributed by atoms with E-state index in [0.717, 1.165) is 52.1 Å². The summed E-state index contributed by atoms with van der Waals surface area (Å²) >= 11 is 1.57. The zero-order valence-corrected chi connectivity index (χ0v) is 81.9. The Bertz CT molecular complexity index is 8360. The third-order valence-electron chi connectivity index (χ3n) is 23.6. The van der Waals surface area contributed by atoms with Gasteiger partial charge in [-0.25, -0.2) is 13.2 Å². The number of carbonyl (C=O) groups is 3. The van der Waals surface area contributed by atoms with Crippen LogP contribution in [0.1, 0.15) is 221 Å². The van der Waals surface area contributed by atoms with Crippen LogP contribution in [-0.4, -0.2) is 167 Å². The fraction of sp³-hybridized carbons (Fsp3) is 0.414. The van der Waals surface area contributed by atoms with Gasteiger partial charge in [0.05, 0.1) is 54.2 Å². The second kappa shape index (κ2) is 50.6. The van der Waals surface area contributed by atoms with E-state index in [1.807, 2.05) is 18.7 Å². The number of aromatic nitrogens is 6. The van der Waals surface area contributed by atoms with Crippen LogP contribution in [0.2, 0.25) is 0 Å². The van der Waals surface area contributed by atoms with Crippen molar-refractivity contribution >= 4 is 53.0 Å². The fourth-order valence-corrected chi connectivity index (χ4v) is 18.1. The van der Waals surface area contributed by atoms with E-state index in [4.69, 9.17) is 32.9 Å². The lowest BCUT2D eigenvalue weighted by Crippen LogP contribution is -2.42. The Morgan fingerprint density at radius 3 is 1.23 bits per heavy atom. The number of alkyl halides is 9. The molecule has 5 aliphatic carbocycles. The van der Waals surface area contributed by atoms with E-state index in [2.05, 4.69) is 15.0 Å². The Morgan fingerprint density at radius 1 is 0.444 bits per heavy atom. The van der Waals surface area contributed by atoms with E-state index in [1.165, 1.54) is 55.5 Å². The first kappa shape index (κ1) is 71.2. The molecule has 10 aromatic rings. The molecule has 0 saturated carbocycles. The Labute approximate surface area is 895 Å². The molecule has 0 fully saturated rings. The smallest absolute Gasteiger partial charge is 0.336 e. The van der Waals surface area contributed by atoms with Crippen molar-refractivity contribution in [3.8, 4) is 22.3 Å². The molecule has 18 nitrogen and oxygen atoms in total. The summed E-state index contributed by atoms with van der Waals surface area (Å²) in [6.45, 7) is -0.311. The maximum absolute atomic E-state index is 14.9. The van der Waals surface area contributed by atoms with Crippen LogP contribution in [0.5, 0.6) is 0 Å². The van der Waals surface area contributed by atoms with Gasteiger partial charge in [-0.3, -0.25) is 28.8 Å². The van der Waals surface area contributed by atoms with Gasteiger partial charge in [0.15, 0.2) is 15.5 Å². The topological polar surface area (TPSA) is 175 Å². The van der Waals surface area contributed by atoms with Crippen LogP contribution in [0.15, 0.2) is 246 Å². The number of halogens is 12. The SMILES string of the molecule is [2H]C1=C(C2=C([2H])C([2H])=C(C(F)(F)F)C(C)C2[2H])C([2H])C([2H])C(C([2H])([2H])N(CCN(CC)CC)C(=O)C([2H])([2H])n2c(SCc3c([2H])c([2H])c(F)c([2H])c3[2H])nc(=O)c3c2CCC3)=C1[2H].[2H]c1c([2H])c(CSc2nc(=O)c3c(n2C([2H])([2H])C(=O)N(CCN(CC)CC)C([2H])(C)c2ccc(-c4ccc(C(F)(F)F)cc4)cc2)CCC3)c([2H])c([2H])c1F.[2H]c1c([2H])c(CSc2nc(=O)c3c(n2C([2H])([2H])C(=O)N(CCN(CC)CC)C([2H])([2H])c2ccc(-c4ccc(C(F)(F)F)cc4)cc2)C([2H])([2H])C([2H])(C)C3([2H])[2H])c([2H])c([2H])c1F. The van der Waals surface area contributed by atoms with Crippen LogP contribution in [0.25, 0.3) is 22.3 Å². The molecule has 0 radical (unpaired) electrons. The maximum Gasteiger partial charge on any atom is 0.416 e. The number of thioether (sulfide) groups is 3. The van der Waals surface area contributed by atoms with Crippen molar-refractivity contribution in [2.45, 2.75) is 216 Å². The van der Waals surface area contributed by atoms with Crippen molar-refractivity contribution in [3.05, 3.63) is 337 Å². The highest BCUT2D eigenvalue weighted by atomic mass is 32.2. The predicted octanol–water partition coefficient (Wildman–Crippen LogP) is 22.7. The predicted molar refractivity (Wildman–Crippen MR) is 545 cm³/mol. The molecule has 5 aliphatic rings. The Morgan fingerprint density at radius 2 is 0.819 bits per heavy atom. The van der Waals surface area contributed by atoms with E-state index in [-0.39, 0.29) is 100 Å². The molecule has 7 aromatic carbocycles. The molecule has 144 heavy (non-hydrogen) atoms. The van der Waals surface area contributed by atoms with E-state index >= 15 is 0 Å². The Balaban J connectivity index is 0.000000219. The standard InChI is InChI=1S/2C37H40F4N4O2S.C37H44F4N4O2S/c1-4-43(5-2)18-19-44(22-26-6-10-28(11-7-26)29-12-14-30(15-13-29)37(39,40)41)34(46)23-45-33-21-25(3)20-32(33)35(47)42-36(45)48-24-27-8-16-31(38)17-9-27;1-4-43(5-2)21-22-44(25(3)27-11-13-28(14-12-27)29-15-17-30(18-16-29)37(39,40)41)34(46)23-45-33-8-6-7-32(33)35(47)42-36(45)48-24-26-9-19-31(38)20-10-26;1-4-43(5-2)19-20-44(22-26-9-13-28(14-10-26)29-15-18-32(25(3)21-29)37(39,40)41)34(46)23-45-33-8-6-7-31(33)35(47)42-36(45)48-24-27-11-16-30(38)17-12-27/h6-17,25H,4-5,18-24H2,1-3H3;9-20,25H,4-8,21-24H2,1-3H3;9,11-13,15-18,25H,4-8,10,14,19-24H2,1-3H3/i8D,9D,16D,17D,20D2,21D2,22D2,23D2,25D;9D,10D,19D,20D,23D2,25D;9D,10D,11D,12D,13D,14D,15D,16D,17D,18D,21D,22D2,23D2. The minimum absolute atomic E-state index is 0.00469. The average Bonchev–Trinajstić information content (AvgIpc) is 1.51. The van der Waals surface area contributed by atoms with Crippen LogP contribution in [0.3, 0.4) is 0 Å². The molecule has 0 spiro atoms. The number of fused-ring (bicyclic) bond motifs is 3. The van der Waals surface area contributed by atoms with Gasteiger partial charge in [0.25, 0.3) is 16.7 Å². The minimum atomic E-state index is -5.10. The van der Waals surface area contributed by atoms with Gasteiger partial charge in [-0.05, 0) is 250 Å². The van der Waals surface area contributed by atoms with Crippen molar-refractivity contribution in [1.29, 1.82) is 0 Å². The van der Waals surface area contributed by atoms with Gasteiger partial charge in [0, 0.05) is 120 Å². The van der Waals surface area contributed by atoms with Crippen LogP contribution in [0, 0.1) is 29.3 Å². The van der Waals surface area contributed by atoms with Gasteiger partial charge < -0.3 is 43.1 Å². The van der Waals surface area contributed by atoms with Crippen LogP contribution < -0.4 is 16.7 Å². The van der Waals surface area contributed by atoms with Gasteiger partial charge in [0.2, 0.25) is 17.7 Å². The molecule has 0 N–H and O–H groups in total. The summed E-state index contributed by atoms with van der Waals surface area (Å²) in [6, 6.07) is 3.63. The maximum atomic E-state index is 14.9. The van der Waals surface area contributed by atoms with Gasteiger partial charge in [-0.2, -0.15) is 54.5 Å². The van der Waals surface area contributed by atoms with E-state index in [9.17, 15) is 96.5 Å². The van der Waals surface area contributed by atoms with E-state index in [0.29, 0.717) is 131 Å². The highest BCUT2D eigenvalue weighted by molar-refractivity contribution is 7.98. The summed E-state index contributed by atoms with van der Waals surface area (Å²) in [5.41, 5.74) is -9.19.